The summed E-state index contributed by atoms with van der Waals surface area (Å²) < 4.78 is 23.0. The zero-order chi connectivity index (χ0) is 23.8. The first-order valence-electron chi connectivity index (χ1n) is 11.1. The van der Waals surface area contributed by atoms with Gasteiger partial charge in [0.15, 0.2) is 5.76 Å². The molecule has 0 radical (unpaired) electrons. The number of Topliss-reactive ketones (excluding diaryl/α,β-unsaturated/α-hetero) is 1. The van der Waals surface area contributed by atoms with Gasteiger partial charge in [-0.15, -0.1) is 0 Å². The number of fused-ring (bicyclic) bond motifs is 3. The van der Waals surface area contributed by atoms with Crippen LogP contribution in [-0.2, 0) is 11.4 Å². The summed E-state index contributed by atoms with van der Waals surface area (Å²) in [5, 5.41) is 0. The molecule has 172 valence electrons. The van der Waals surface area contributed by atoms with E-state index in [1.54, 1.807) is 36.5 Å². The Balaban J connectivity index is 1.40. The van der Waals surface area contributed by atoms with Gasteiger partial charge in [-0.25, -0.2) is 0 Å². The summed E-state index contributed by atoms with van der Waals surface area (Å²) in [7, 11) is 0. The van der Waals surface area contributed by atoms with Crippen molar-refractivity contribution in [3.05, 3.63) is 113 Å². The van der Waals surface area contributed by atoms with Crippen LogP contribution in [0.5, 0.6) is 17.2 Å². The molecular formula is C28H19NO6. The third-order valence-electron chi connectivity index (χ3n) is 5.99. The van der Waals surface area contributed by atoms with E-state index in [0.717, 1.165) is 11.3 Å². The number of rotatable bonds is 5. The van der Waals surface area contributed by atoms with Gasteiger partial charge in [0.1, 0.15) is 29.6 Å². The van der Waals surface area contributed by atoms with E-state index < -0.39 is 5.92 Å². The smallest absolute Gasteiger partial charge is 0.312 e. The van der Waals surface area contributed by atoms with E-state index in [0.29, 0.717) is 34.1 Å². The Bertz CT molecular complexity index is 1460. The first-order valence-corrected chi connectivity index (χ1v) is 11.1. The molecule has 1 unspecified atom stereocenters. The summed E-state index contributed by atoms with van der Waals surface area (Å²) in [6.07, 6.45) is 4.88. The second-order valence-corrected chi connectivity index (χ2v) is 8.19. The van der Waals surface area contributed by atoms with Gasteiger partial charge < -0.3 is 18.6 Å². The number of carbonyl (C=O) groups is 2. The van der Waals surface area contributed by atoms with E-state index in [9.17, 15) is 9.59 Å². The molecule has 2 aromatic heterocycles. The predicted octanol–water partition coefficient (Wildman–Crippen LogP) is 5.31. The van der Waals surface area contributed by atoms with Crippen LogP contribution in [0.2, 0.25) is 0 Å². The van der Waals surface area contributed by atoms with Crippen molar-refractivity contribution in [2.45, 2.75) is 18.9 Å². The van der Waals surface area contributed by atoms with E-state index in [1.807, 2.05) is 42.5 Å². The highest BCUT2D eigenvalue weighted by molar-refractivity contribution is 6.15. The number of para-hydroxylation sites is 1. The van der Waals surface area contributed by atoms with Crippen molar-refractivity contribution in [1.82, 2.24) is 4.98 Å². The van der Waals surface area contributed by atoms with Gasteiger partial charge in [-0.3, -0.25) is 14.6 Å². The molecule has 2 aliphatic heterocycles. The van der Waals surface area contributed by atoms with Crippen LogP contribution in [0.15, 0.2) is 89.4 Å². The molecule has 0 saturated heterocycles. The van der Waals surface area contributed by atoms with Crippen LogP contribution in [-0.4, -0.2) is 16.7 Å². The summed E-state index contributed by atoms with van der Waals surface area (Å²) in [6, 6.07) is 19.9. The Morgan fingerprint density at radius 1 is 0.971 bits per heavy atom. The van der Waals surface area contributed by atoms with Crippen LogP contribution < -0.4 is 14.2 Å². The molecule has 6 rings (SSSR count). The van der Waals surface area contributed by atoms with E-state index in [4.69, 9.17) is 18.6 Å². The largest absolute Gasteiger partial charge is 0.487 e. The monoisotopic (exact) mass is 465 g/mol. The van der Waals surface area contributed by atoms with Crippen molar-refractivity contribution in [2.75, 3.05) is 0 Å². The van der Waals surface area contributed by atoms with Gasteiger partial charge >= 0.3 is 5.97 Å². The van der Waals surface area contributed by atoms with Crippen LogP contribution in [0, 0.1) is 0 Å². The molecule has 0 saturated carbocycles. The van der Waals surface area contributed by atoms with Gasteiger partial charge in [0.2, 0.25) is 5.78 Å². The molecule has 35 heavy (non-hydrogen) atoms. The number of hydrogen-bond donors (Lipinski definition) is 0. The minimum atomic E-state index is -0.420. The number of ether oxygens (including phenoxy) is 3. The molecule has 7 nitrogen and oxygen atoms in total. The minimum Gasteiger partial charge on any atom is -0.487 e. The highest BCUT2D eigenvalue weighted by Crippen LogP contribution is 2.50. The molecule has 0 aliphatic carbocycles. The van der Waals surface area contributed by atoms with E-state index >= 15 is 0 Å². The van der Waals surface area contributed by atoms with Gasteiger partial charge in [-0.2, -0.15) is 0 Å². The van der Waals surface area contributed by atoms with Crippen molar-refractivity contribution >= 4 is 17.8 Å². The summed E-state index contributed by atoms with van der Waals surface area (Å²) in [6.45, 7) is 0.278. The first-order chi connectivity index (χ1) is 17.2. The van der Waals surface area contributed by atoms with Gasteiger partial charge in [0.25, 0.3) is 0 Å². The number of carbonyl (C=O) groups excluding carboxylic acids is 2. The van der Waals surface area contributed by atoms with Gasteiger partial charge in [-0.1, -0.05) is 24.3 Å². The van der Waals surface area contributed by atoms with Crippen molar-refractivity contribution in [3.8, 4) is 17.2 Å². The second-order valence-electron chi connectivity index (χ2n) is 8.19. The van der Waals surface area contributed by atoms with Gasteiger partial charge in [0.05, 0.1) is 23.9 Å². The Labute approximate surface area is 200 Å². The fourth-order valence-electron chi connectivity index (χ4n) is 4.41. The molecule has 4 heterocycles. The highest BCUT2D eigenvalue weighted by Gasteiger charge is 2.39. The summed E-state index contributed by atoms with van der Waals surface area (Å²) in [5.41, 5.74) is 2.64. The average molecular weight is 465 g/mol. The number of ketones is 1. The normalized spacial score (nSPS) is 17.5. The predicted molar refractivity (Wildman–Crippen MR) is 125 cm³/mol. The van der Waals surface area contributed by atoms with Crippen LogP contribution in [0.3, 0.4) is 0 Å². The zero-order valence-corrected chi connectivity index (χ0v) is 18.5. The lowest BCUT2D eigenvalue weighted by atomic mass is 9.84. The van der Waals surface area contributed by atoms with Crippen molar-refractivity contribution in [3.63, 3.8) is 0 Å². The lowest BCUT2D eigenvalue weighted by Gasteiger charge is -2.27. The molecule has 2 aromatic carbocycles. The molecule has 0 bridgehead atoms. The molecule has 4 aromatic rings. The maximum atomic E-state index is 13.1. The molecule has 0 fully saturated rings. The average Bonchev–Trinajstić information content (AvgIpc) is 3.51. The van der Waals surface area contributed by atoms with Crippen LogP contribution in [0.25, 0.3) is 6.08 Å². The van der Waals surface area contributed by atoms with Crippen molar-refractivity contribution in [2.24, 2.45) is 0 Å². The molecule has 7 heteroatoms. The number of benzene rings is 2. The van der Waals surface area contributed by atoms with E-state index in [2.05, 4.69) is 4.98 Å². The summed E-state index contributed by atoms with van der Waals surface area (Å²) in [4.78, 5) is 29.9. The SMILES string of the molecule is O=C1CC(c2ccccc2OCc2ccccn2)c2c(ccc3c2O/C(=C\c2ccco2)C3=O)O1. The van der Waals surface area contributed by atoms with Crippen molar-refractivity contribution < 1.29 is 28.2 Å². The number of esters is 1. The lowest BCUT2D eigenvalue weighted by molar-refractivity contribution is -0.135. The molecule has 0 N–H and O–H groups in total. The zero-order valence-electron chi connectivity index (χ0n) is 18.5. The number of nitrogens with zero attached hydrogens (tertiary/aromatic N) is 1. The van der Waals surface area contributed by atoms with Crippen LogP contribution >= 0.6 is 0 Å². The molecule has 0 spiro atoms. The number of pyridine rings is 1. The second kappa shape index (κ2) is 8.61. The van der Waals surface area contributed by atoms with Gasteiger partial charge in [0, 0.05) is 29.3 Å². The fourth-order valence-corrected chi connectivity index (χ4v) is 4.41. The minimum absolute atomic E-state index is 0.0855. The Morgan fingerprint density at radius 3 is 2.69 bits per heavy atom. The highest BCUT2D eigenvalue weighted by atomic mass is 16.5. The number of furan rings is 1. The Kier molecular flexibility index (Phi) is 5.15. The first kappa shape index (κ1) is 20.9. The topological polar surface area (TPSA) is 87.9 Å². The third kappa shape index (κ3) is 3.87. The Hall–Kier alpha value is -4.65. The molecular weight excluding hydrogens is 446 g/mol. The fraction of sp³-hybridized carbons (Fsp3) is 0.107. The van der Waals surface area contributed by atoms with E-state index in [1.165, 1.54) is 6.26 Å². The molecule has 1 atom stereocenters. The van der Waals surface area contributed by atoms with E-state index in [-0.39, 0.29) is 30.5 Å². The quantitative estimate of drug-likeness (QED) is 0.224. The van der Waals surface area contributed by atoms with Crippen LogP contribution in [0.1, 0.15) is 45.3 Å². The maximum absolute atomic E-state index is 13.1. The summed E-state index contributed by atoms with van der Waals surface area (Å²) >= 11 is 0. The van der Waals surface area contributed by atoms with Gasteiger partial charge in [-0.05, 0) is 42.5 Å². The molecule has 2 aliphatic rings. The summed E-state index contributed by atoms with van der Waals surface area (Å²) in [5.74, 6) is 1.00. The molecule has 0 amide bonds. The Morgan fingerprint density at radius 2 is 1.86 bits per heavy atom. The standard InChI is InChI=1S/C28H19NO6/c30-25-15-21(19-8-1-2-9-22(19)33-16-17-6-3-4-12-29-17)26-23(34-25)11-10-20-27(31)24(35-28(20)26)14-18-7-5-13-32-18/h1-14,21H,15-16H2/b24-14-. The van der Waals surface area contributed by atoms with Crippen LogP contribution in [0.4, 0.5) is 0 Å². The van der Waals surface area contributed by atoms with Crippen molar-refractivity contribution in [1.29, 1.82) is 0 Å². The number of hydrogen-bond acceptors (Lipinski definition) is 7. The third-order valence-corrected chi connectivity index (χ3v) is 5.99. The lowest BCUT2D eigenvalue weighted by Crippen LogP contribution is -2.22. The number of allylic oxidation sites excluding steroid dienone is 1. The number of aromatic nitrogens is 1. The maximum Gasteiger partial charge on any atom is 0.312 e.